The van der Waals surface area contributed by atoms with Gasteiger partial charge in [0.25, 0.3) is 0 Å². The number of carbonyl (C=O) groups is 1. The van der Waals surface area contributed by atoms with Gasteiger partial charge in [-0.2, -0.15) is 5.26 Å². The van der Waals surface area contributed by atoms with Crippen molar-refractivity contribution in [2.75, 3.05) is 10.6 Å². The van der Waals surface area contributed by atoms with Gasteiger partial charge in [-0.05, 0) is 29.8 Å². The lowest BCUT2D eigenvalue weighted by molar-refractivity contribution is -0.118. The summed E-state index contributed by atoms with van der Waals surface area (Å²) in [5.41, 5.74) is 2.33. The van der Waals surface area contributed by atoms with E-state index in [4.69, 9.17) is 5.26 Å². The van der Waals surface area contributed by atoms with Crippen LogP contribution in [0.25, 0.3) is 0 Å². The van der Waals surface area contributed by atoms with E-state index in [0.717, 1.165) is 11.3 Å². The predicted octanol–water partition coefficient (Wildman–Crippen LogP) is 3.16. The monoisotopic (exact) mass is 294 g/mol. The molecule has 0 aliphatic carbocycles. The van der Waals surface area contributed by atoms with E-state index in [1.165, 1.54) is 0 Å². The summed E-state index contributed by atoms with van der Waals surface area (Å²) in [6, 6.07) is 13.1. The van der Waals surface area contributed by atoms with Crippen LogP contribution in [0.3, 0.4) is 0 Å². The van der Waals surface area contributed by atoms with Crippen molar-refractivity contribution >= 4 is 17.4 Å². The number of pyridine rings is 1. The molecule has 0 atom stereocenters. The van der Waals surface area contributed by atoms with Crippen LogP contribution in [0.5, 0.6) is 0 Å². The van der Waals surface area contributed by atoms with Crippen LogP contribution in [0.1, 0.15) is 25.0 Å². The summed E-state index contributed by atoms with van der Waals surface area (Å²) in [6.45, 7) is 4.27. The van der Waals surface area contributed by atoms with Crippen LogP contribution in [-0.4, -0.2) is 10.9 Å². The van der Waals surface area contributed by atoms with Gasteiger partial charge in [0.1, 0.15) is 11.9 Å². The Hall–Kier alpha value is -2.87. The summed E-state index contributed by atoms with van der Waals surface area (Å²) in [5, 5.41) is 15.0. The second-order valence-corrected chi connectivity index (χ2v) is 5.21. The third-order valence-corrected chi connectivity index (χ3v) is 3.13. The summed E-state index contributed by atoms with van der Waals surface area (Å²) in [7, 11) is 0. The molecule has 1 aromatic carbocycles. The summed E-state index contributed by atoms with van der Waals surface area (Å²) < 4.78 is 0. The second-order valence-electron chi connectivity index (χ2n) is 5.21. The molecule has 0 bridgehead atoms. The van der Waals surface area contributed by atoms with E-state index in [1.807, 2.05) is 38.1 Å². The van der Waals surface area contributed by atoms with Gasteiger partial charge in [0.05, 0.1) is 5.56 Å². The first-order valence-corrected chi connectivity index (χ1v) is 7.09. The lowest BCUT2D eigenvalue weighted by Gasteiger charge is -2.10. The average molecular weight is 294 g/mol. The number of amides is 1. The van der Waals surface area contributed by atoms with E-state index >= 15 is 0 Å². The molecule has 0 saturated carbocycles. The van der Waals surface area contributed by atoms with Crippen LogP contribution in [0.2, 0.25) is 0 Å². The second kappa shape index (κ2) is 7.23. The van der Waals surface area contributed by atoms with E-state index in [0.29, 0.717) is 17.9 Å². The maximum Gasteiger partial charge on any atom is 0.226 e. The molecule has 0 radical (unpaired) electrons. The molecule has 1 heterocycles. The van der Waals surface area contributed by atoms with Gasteiger partial charge in [0.2, 0.25) is 5.91 Å². The fourth-order valence-electron chi connectivity index (χ4n) is 1.81. The van der Waals surface area contributed by atoms with Crippen LogP contribution < -0.4 is 10.6 Å². The summed E-state index contributed by atoms with van der Waals surface area (Å²) >= 11 is 0. The van der Waals surface area contributed by atoms with Crippen molar-refractivity contribution < 1.29 is 4.79 Å². The smallest absolute Gasteiger partial charge is 0.226 e. The molecule has 2 aromatic rings. The zero-order valence-corrected chi connectivity index (χ0v) is 12.6. The van der Waals surface area contributed by atoms with E-state index in [1.54, 1.807) is 18.3 Å². The van der Waals surface area contributed by atoms with Gasteiger partial charge in [-0.15, -0.1) is 0 Å². The van der Waals surface area contributed by atoms with Crippen LogP contribution in [0.4, 0.5) is 11.5 Å². The largest absolute Gasteiger partial charge is 0.365 e. The molecule has 2 N–H and O–H groups in total. The van der Waals surface area contributed by atoms with E-state index in [2.05, 4.69) is 21.7 Å². The van der Waals surface area contributed by atoms with E-state index in [9.17, 15) is 4.79 Å². The first kappa shape index (κ1) is 15.5. The third kappa shape index (κ3) is 4.06. The van der Waals surface area contributed by atoms with Crippen molar-refractivity contribution in [1.82, 2.24) is 4.98 Å². The SMILES string of the molecule is CC(C)C(=O)Nc1ccc(CNc2ncccc2C#N)cc1. The molecule has 2 rings (SSSR count). The number of benzene rings is 1. The van der Waals surface area contributed by atoms with Gasteiger partial charge in [-0.1, -0.05) is 26.0 Å². The standard InChI is InChI=1S/C17H18N4O/c1-12(2)17(22)21-15-7-5-13(6-8-15)11-20-16-14(10-18)4-3-9-19-16/h3-9,12H,11H2,1-2H3,(H,19,20)(H,21,22). The van der Waals surface area contributed by atoms with Gasteiger partial charge >= 0.3 is 0 Å². The topological polar surface area (TPSA) is 77.8 Å². The molecule has 0 saturated heterocycles. The number of aromatic nitrogens is 1. The molecule has 0 fully saturated rings. The van der Waals surface area contributed by atoms with Crippen molar-refractivity contribution in [2.24, 2.45) is 5.92 Å². The lowest BCUT2D eigenvalue weighted by Crippen LogP contribution is -2.17. The Morgan fingerprint density at radius 3 is 2.64 bits per heavy atom. The molecule has 0 unspecified atom stereocenters. The molecule has 1 aromatic heterocycles. The summed E-state index contributed by atoms with van der Waals surface area (Å²) in [5.74, 6) is 0.523. The molecule has 5 nitrogen and oxygen atoms in total. The normalized spacial score (nSPS) is 10.1. The Bertz CT molecular complexity index is 687. The van der Waals surface area contributed by atoms with Gasteiger partial charge < -0.3 is 10.6 Å². The molecule has 1 amide bonds. The average Bonchev–Trinajstić information content (AvgIpc) is 2.54. The van der Waals surface area contributed by atoms with Crippen LogP contribution in [0, 0.1) is 17.2 Å². The molecule has 22 heavy (non-hydrogen) atoms. The highest BCUT2D eigenvalue weighted by molar-refractivity contribution is 5.92. The number of nitrogens with one attached hydrogen (secondary N) is 2. The third-order valence-electron chi connectivity index (χ3n) is 3.13. The maximum atomic E-state index is 11.6. The molecular formula is C17H18N4O. The van der Waals surface area contributed by atoms with Crippen molar-refractivity contribution in [1.29, 1.82) is 5.26 Å². The zero-order valence-electron chi connectivity index (χ0n) is 12.6. The predicted molar refractivity (Wildman–Crippen MR) is 86.2 cm³/mol. The maximum absolute atomic E-state index is 11.6. The minimum absolute atomic E-state index is 0.00183. The molecular weight excluding hydrogens is 276 g/mol. The number of nitrogens with zero attached hydrogens (tertiary/aromatic N) is 2. The van der Waals surface area contributed by atoms with Crippen molar-refractivity contribution in [3.05, 3.63) is 53.7 Å². The summed E-state index contributed by atoms with van der Waals surface area (Å²) in [4.78, 5) is 15.8. The zero-order chi connectivity index (χ0) is 15.9. The van der Waals surface area contributed by atoms with E-state index in [-0.39, 0.29) is 11.8 Å². The Kier molecular flexibility index (Phi) is 5.10. The quantitative estimate of drug-likeness (QED) is 0.888. The number of rotatable bonds is 5. The Balaban J connectivity index is 1.97. The Morgan fingerprint density at radius 1 is 1.27 bits per heavy atom. The highest BCUT2D eigenvalue weighted by Crippen LogP contribution is 2.14. The molecule has 0 aliphatic heterocycles. The number of nitriles is 1. The Labute approximate surface area is 130 Å². The fourth-order valence-corrected chi connectivity index (χ4v) is 1.81. The number of hydrogen-bond acceptors (Lipinski definition) is 4. The van der Waals surface area contributed by atoms with Crippen LogP contribution in [-0.2, 0) is 11.3 Å². The Morgan fingerprint density at radius 2 is 2.00 bits per heavy atom. The van der Waals surface area contributed by atoms with E-state index < -0.39 is 0 Å². The van der Waals surface area contributed by atoms with Gasteiger partial charge in [0, 0.05) is 24.3 Å². The first-order chi connectivity index (χ1) is 10.6. The molecule has 0 spiro atoms. The van der Waals surface area contributed by atoms with Crippen LogP contribution in [0.15, 0.2) is 42.6 Å². The minimum Gasteiger partial charge on any atom is -0.365 e. The van der Waals surface area contributed by atoms with Crippen molar-refractivity contribution in [3.63, 3.8) is 0 Å². The molecule has 0 aliphatic rings. The van der Waals surface area contributed by atoms with Crippen molar-refractivity contribution in [3.8, 4) is 6.07 Å². The lowest BCUT2D eigenvalue weighted by atomic mass is 10.1. The summed E-state index contributed by atoms with van der Waals surface area (Å²) in [6.07, 6.45) is 1.65. The van der Waals surface area contributed by atoms with Gasteiger partial charge in [-0.25, -0.2) is 4.98 Å². The highest BCUT2D eigenvalue weighted by atomic mass is 16.1. The first-order valence-electron chi connectivity index (χ1n) is 7.09. The van der Waals surface area contributed by atoms with Gasteiger partial charge in [0.15, 0.2) is 0 Å². The number of anilines is 2. The van der Waals surface area contributed by atoms with Gasteiger partial charge in [-0.3, -0.25) is 4.79 Å². The fraction of sp³-hybridized carbons (Fsp3) is 0.235. The minimum atomic E-state index is -0.0464. The number of hydrogen-bond donors (Lipinski definition) is 2. The van der Waals surface area contributed by atoms with Crippen LogP contribution >= 0.6 is 0 Å². The van der Waals surface area contributed by atoms with Crippen molar-refractivity contribution in [2.45, 2.75) is 20.4 Å². The molecule has 112 valence electrons. The number of carbonyl (C=O) groups excluding carboxylic acids is 1. The highest BCUT2D eigenvalue weighted by Gasteiger charge is 2.07. The molecule has 5 heteroatoms.